The highest BCUT2D eigenvalue weighted by atomic mass is 35.5. The summed E-state index contributed by atoms with van der Waals surface area (Å²) in [7, 11) is -2.90. The van der Waals surface area contributed by atoms with Gasteiger partial charge in [0.05, 0.1) is 22.0 Å². The van der Waals surface area contributed by atoms with Gasteiger partial charge in [-0.05, 0) is 36.8 Å². The molecule has 31 heavy (non-hydrogen) atoms. The van der Waals surface area contributed by atoms with Gasteiger partial charge < -0.3 is 4.52 Å². The topological polar surface area (TPSA) is 85.6 Å². The number of fused-ring (bicyclic) bond motifs is 1. The van der Waals surface area contributed by atoms with Gasteiger partial charge in [-0.25, -0.2) is 13.6 Å². The molecule has 3 aromatic heterocycles. The van der Waals surface area contributed by atoms with Crippen molar-refractivity contribution in [3.05, 3.63) is 64.8 Å². The molecule has 0 aliphatic carbocycles. The molecule has 0 radical (unpaired) electrons. The maximum Gasteiger partial charge on any atom is 0.471 e. The maximum absolute atomic E-state index is 13.5. The first-order valence-electron chi connectivity index (χ1n) is 8.87. The second-order valence-electron chi connectivity index (χ2n) is 6.79. The maximum atomic E-state index is 13.5. The Morgan fingerprint density at radius 3 is 2.52 bits per heavy atom. The predicted octanol–water partition coefficient (Wildman–Crippen LogP) is 5.02. The van der Waals surface area contributed by atoms with Gasteiger partial charge in [-0.1, -0.05) is 28.9 Å². The molecule has 4 rings (SSSR count). The SMILES string of the molecule is Cc1nc2ccc(-c3noc(C(F)(F)F)n3)cn2c1S(C)(=O)=NCc1ccc(Cl)cc1. The van der Waals surface area contributed by atoms with Crippen LogP contribution in [0.25, 0.3) is 17.0 Å². The second-order valence-corrected chi connectivity index (χ2v) is 9.47. The van der Waals surface area contributed by atoms with Crippen molar-refractivity contribution in [1.29, 1.82) is 0 Å². The van der Waals surface area contributed by atoms with Gasteiger partial charge in [0.25, 0.3) is 0 Å². The van der Waals surface area contributed by atoms with Gasteiger partial charge in [0.15, 0.2) is 0 Å². The third-order valence-electron chi connectivity index (χ3n) is 4.43. The molecule has 0 saturated heterocycles. The van der Waals surface area contributed by atoms with Gasteiger partial charge >= 0.3 is 12.1 Å². The molecule has 0 aliphatic rings. The van der Waals surface area contributed by atoms with Crippen molar-refractivity contribution in [3.63, 3.8) is 0 Å². The lowest BCUT2D eigenvalue weighted by atomic mass is 10.2. The fraction of sp³-hybridized carbons (Fsp3) is 0.211. The van der Waals surface area contributed by atoms with E-state index in [2.05, 4.69) is 24.0 Å². The summed E-state index contributed by atoms with van der Waals surface area (Å²) in [6, 6.07) is 10.1. The van der Waals surface area contributed by atoms with Crippen LogP contribution in [0.5, 0.6) is 0 Å². The fourth-order valence-corrected chi connectivity index (χ4v) is 4.78. The highest BCUT2D eigenvalue weighted by molar-refractivity contribution is 7.92. The third kappa shape index (κ3) is 4.28. The number of pyridine rings is 1. The van der Waals surface area contributed by atoms with Crippen LogP contribution in [0.2, 0.25) is 5.02 Å². The molecule has 0 spiro atoms. The van der Waals surface area contributed by atoms with Gasteiger partial charge in [-0.2, -0.15) is 18.2 Å². The van der Waals surface area contributed by atoms with Gasteiger partial charge in [0.1, 0.15) is 10.7 Å². The van der Waals surface area contributed by atoms with E-state index in [-0.39, 0.29) is 17.9 Å². The van der Waals surface area contributed by atoms with Crippen LogP contribution in [-0.2, 0) is 22.5 Å². The van der Waals surface area contributed by atoms with E-state index in [0.29, 0.717) is 21.4 Å². The Morgan fingerprint density at radius 1 is 1.16 bits per heavy atom. The number of aromatic nitrogens is 4. The normalized spacial score (nSPS) is 14.0. The number of aryl methyl sites for hydroxylation is 1. The molecule has 1 atom stereocenters. The average molecular weight is 470 g/mol. The smallest absolute Gasteiger partial charge is 0.329 e. The molecule has 3 heterocycles. The summed E-state index contributed by atoms with van der Waals surface area (Å²) in [4.78, 5) is 7.79. The molecular formula is C19H15ClF3N5O2S. The van der Waals surface area contributed by atoms with Gasteiger partial charge in [0, 0.05) is 23.0 Å². The number of nitrogens with zero attached hydrogens (tertiary/aromatic N) is 5. The first-order valence-corrected chi connectivity index (χ1v) is 11.2. The van der Waals surface area contributed by atoms with Crippen molar-refractivity contribution >= 4 is 27.0 Å². The Bertz CT molecular complexity index is 1390. The third-order valence-corrected chi connectivity index (χ3v) is 6.51. The van der Waals surface area contributed by atoms with Crippen LogP contribution < -0.4 is 0 Å². The molecule has 0 N–H and O–H groups in total. The van der Waals surface area contributed by atoms with Gasteiger partial charge in [-0.15, -0.1) is 0 Å². The van der Waals surface area contributed by atoms with Crippen molar-refractivity contribution in [2.45, 2.75) is 24.7 Å². The molecule has 0 saturated carbocycles. The summed E-state index contributed by atoms with van der Waals surface area (Å²) in [5.74, 6) is -1.69. The zero-order valence-corrected chi connectivity index (χ0v) is 17.8. The number of hydrogen-bond acceptors (Lipinski definition) is 6. The summed E-state index contributed by atoms with van der Waals surface area (Å²) in [6.45, 7) is 1.89. The minimum absolute atomic E-state index is 0.193. The molecular weight excluding hydrogens is 455 g/mol. The van der Waals surface area contributed by atoms with Crippen LogP contribution in [0.3, 0.4) is 0 Å². The van der Waals surface area contributed by atoms with E-state index in [4.69, 9.17) is 11.6 Å². The first-order chi connectivity index (χ1) is 14.5. The number of hydrogen-bond donors (Lipinski definition) is 0. The van der Waals surface area contributed by atoms with Crippen LogP contribution >= 0.6 is 11.6 Å². The monoisotopic (exact) mass is 469 g/mol. The Labute approximate surface area is 180 Å². The van der Waals surface area contributed by atoms with E-state index in [0.717, 1.165) is 5.56 Å². The second kappa shape index (κ2) is 7.65. The zero-order chi connectivity index (χ0) is 22.4. The van der Waals surface area contributed by atoms with Gasteiger partial charge in [0.2, 0.25) is 5.82 Å². The highest BCUT2D eigenvalue weighted by Crippen LogP contribution is 2.30. The van der Waals surface area contributed by atoms with Gasteiger partial charge in [-0.3, -0.25) is 4.40 Å². The molecule has 12 heteroatoms. The number of imidazole rings is 1. The van der Waals surface area contributed by atoms with Crippen molar-refractivity contribution < 1.29 is 21.9 Å². The highest BCUT2D eigenvalue weighted by Gasteiger charge is 2.38. The summed E-state index contributed by atoms with van der Waals surface area (Å²) >= 11 is 5.88. The fourth-order valence-electron chi connectivity index (χ4n) is 3.03. The number of rotatable bonds is 4. The molecule has 1 aromatic carbocycles. The molecule has 4 aromatic rings. The minimum atomic E-state index is -4.75. The van der Waals surface area contributed by atoms with E-state index >= 15 is 0 Å². The largest absolute Gasteiger partial charge is 0.471 e. The quantitative estimate of drug-likeness (QED) is 0.419. The van der Waals surface area contributed by atoms with Crippen LogP contribution in [0.4, 0.5) is 13.2 Å². The van der Waals surface area contributed by atoms with Crippen molar-refractivity contribution in [2.24, 2.45) is 4.36 Å². The summed E-state index contributed by atoms with van der Waals surface area (Å²) in [6.07, 6.45) is -1.79. The van der Waals surface area contributed by atoms with Crippen molar-refractivity contribution in [1.82, 2.24) is 19.5 Å². The Hall–Kier alpha value is -2.92. The van der Waals surface area contributed by atoms with Crippen LogP contribution in [0.15, 0.2) is 56.5 Å². The van der Waals surface area contributed by atoms with Crippen molar-refractivity contribution in [2.75, 3.05) is 6.26 Å². The number of alkyl halides is 3. The van der Waals surface area contributed by atoms with E-state index < -0.39 is 21.8 Å². The van der Waals surface area contributed by atoms with E-state index in [9.17, 15) is 17.4 Å². The Morgan fingerprint density at radius 2 is 1.87 bits per heavy atom. The van der Waals surface area contributed by atoms with E-state index in [1.165, 1.54) is 22.9 Å². The lowest BCUT2D eigenvalue weighted by Gasteiger charge is -2.07. The average Bonchev–Trinajstić information content (AvgIpc) is 3.31. The number of benzene rings is 1. The lowest BCUT2D eigenvalue weighted by Crippen LogP contribution is -2.05. The number of halogens is 4. The van der Waals surface area contributed by atoms with E-state index in [1.807, 2.05) is 0 Å². The predicted molar refractivity (Wildman–Crippen MR) is 108 cm³/mol. The summed E-state index contributed by atoms with van der Waals surface area (Å²) in [5.41, 5.74) is 2.04. The van der Waals surface area contributed by atoms with Crippen molar-refractivity contribution in [3.8, 4) is 11.4 Å². The minimum Gasteiger partial charge on any atom is -0.329 e. The van der Waals surface area contributed by atoms with Crippen LogP contribution in [-0.4, -0.2) is 30.0 Å². The molecule has 1 unspecified atom stereocenters. The molecule has 0 aliphatic heterocycles. The Kier molecular flexibility index (Phi) is 5.26. The molecule has 0 bridgehead atoms. The standard InChI is InChI=1S/C19H15ClF3N5O2S/c1-11-17(31(2,29)24-9-12-3-6-14(20)7-4-12)28-10-13(5-8-15(28)25-11)16-26-18(30-27-16)19(21,22)23/h3-8,10H,9H2,1-2H3. The molecule has 0 amide bonds. The molecule has 0 fully saturated rings. The summed E-state index contributed by atoms with van der Waals surface area (Å²) < 4.78 is 62.0. The van der Waals surface area contributed by atoms with Crippen LogP contribution in [0.1, 0.15) is 17.1 Å². The van der Waals surface area contributed by atoms with E-state index in [1.54, 1.807) is 37.3 Å². The van der Waals surface area contributed by atoms with Crippen LogP contribution in [0, 0.1) is 6.92 Å². The Balaban J connectivity index is 1.77. The summed E-state index contributed by atoms with van der Waals surface area (Å²) in [5, 5.41) is 4.33. The zero-order valence-electron chi connectivity index (χ0n) is 16.2. The molecule has 7 nitrogen and oxygen atoms in total. The first kappa shape index (κ1) is 21.3. The molecule has 162 valence electrons. The lowest BCUT2D eigenvalue weighted by molar-refractivity contribution is -0.159.